The fourth-order valence-electron chi connectivity index (χ4n) is 1.32. The molecule has 1 aromatic carbocycles. The van der Waals surface area contributed by atoms with E-state index in [0.717, 1.165) is 5.52 Å². The Balaban J connectivity index is 0.000000845. The SMILES string of the molecule is CC(C)c1ccc2[nH]ncc2c1.[HH]. The summed E-state index contributed by atoms with van der Waals surface area (Å²) >= 11 is 0. The monoisotopic (exact) mass is 162 g/mol. The van der Waals surface area contributed by atoms with Crippen molar-refractivity contribution < 1.29 is 1.43 Å². The van der Waals surface area contributed by atoms with Crippen LogP contribution >= 0.6 is 0 Å². The maximum atomic E-state index is 3.98. The topological polar surface area (TPSA) is 28.7 Å². The molecule has 0 saturated heterocycles. The molecule has 0 aliphatic heterocycles. The molecule has 2 aromatic rings. The zero-order chi connectivity index (χ0) is 8.55. The predicted molar refractivity (Wildman–Crippen MR) is 52.3 cm³/mol. The predicted octanol–water partition coefficient (Wildman–Crippen LogP) is 2.93. The summed E-state index contributed by atoms with van der Waals surface area (Å²) in [7, 11) is 0. The summed E-state index contributed by atoms with van der Waals surface area (Å²) in [6, 6.07) is 6.41. The minimum absolute atomic E-state index is 0. The minimum Gasteiger partial charge on any atom is -0.278 e. The molecule has 1 heterocycles. The lowest BCUT2D eigenvalue weighted by atomic mass is 10.0. The first kappa shape index (κ1) is 7.35. The van der Waals surface area contributed by atoms with Crippen molar-refractivity contribution >= 4 is 10.9 Å². The molecule has 0 spiro atoms. The summed E-state index contributed by atoms with van der Waals surface area (Å²) in [4.78, 5) is 0. The molecule has 0 aliphatic carbocycles. The van der Waals surface area contributed by atoms with Gasteiger partial charge in [-0.2, -0.15) is 5.10 Å². The van der Waals surface area contributed by atoms with Gasteiger partial charge in [0.1, 0.15) is 0 Å². The zero-order valence-corrected chi connectivity index (χ0v) is 7.33. The Morgan fingerprint density at radius 2 is 2.25 bits per heavy atom. The van der Waals surface area contributed by atoms with Crippen molar-refractivity contribution in [2.45, 2.75) is 19.8 Å². The highest BCUT2D eigenvalue weighted by atomic mass is 15.1. The summed E-state index contributed by atoms with van der Waals surface area (Å²) in [5.74, 6) is 0.587. The number of H-pyrrole nitrogens is 1. The van der Waals surface area contributed by atoms with Crippen LogP contribution in [0.5, 0.6) is 0 Å². The molecule has 0 unspecified atom stereocenters. The van der Waals surface area contributed by atoms with Crippen LogP contribution in [0.2, 0.25) is 0 Å². The van der Waals surface area contributed by atoms with Gasteiger partial charge in [-0.15, -0.1) is 0 Å². The van der Waals surface area contributed by atoms with Crippen LogP contribution in [0, 0.1) is 0 Å². The van der Waals surface area contributed by atoms with Gasteiger partial charge in [0.05, 0.1) is 11.7 Å². The van der Waals surface area contributed by atoms with E-state index in [4.69, 9.17) is 0 Å². The standard InChI is InChI=1S/C10H12N2.H2/c1-7(2)8-3-4-10-9(5-8)6-11-12-10;/h3-7H,1-2H3,(H,11,12);1H. The highest BCUT2D eigenvalue weighted by Gasteiger charge is 2.00. The van der Waals surface area contributed by atoms with Crippen molar-refractivity contribution in [3.05, 3.63) is 30.0 Å². The molecule has 0 saturated carbocycles. The van der Waals surface area contributed by atoms with E-state index >= 15 is 0 Å². The summed E-state index contributed by atoms with van der Waals surface area (Å²) < 4.78 is 0. The van der Waals surface area contributed by atoms with Crippen LogP contribution in [0.15, 0.2) is 24.4 Å². The maximum Gasteiger partial charge on any atom is 0.0650 e. The number of aromatic amines is 1. The molecule has 2 heteroatoms. The lowest BCUT2D eigenvalue weighted by Crippen LogP contribution is -1.85. The molecule has 0 fully saturated rings. The Morgan fingerprint density at radius 1 is 1.42 bits per heavy atom. The van der Waals surface area contributed by atoms with Crippen molar-refractivity contribution in [2.75, 3.05) is 0 Å². The highest BCUT2D eigenvalue weighted by molar-refractivity contribution is 5.78. The second-order valence-corrected chi connectivity index (χ2v) is 3.37. The minimum atomic E-state index is 0. The molecule has 0 aliphatic rings. The van der Waals surface area contributed by atoms with E-state index < -0.39 is 0 Å². The molecule has 1 N–H and O–H groups in total. The maximum absolute atomic E-state index is 3.98. The Kier molecular flexibility index (Phi) is 1.61. The van der Waals surface area contributed by atoms with Crippen LogP contribution in [0.25, 0.3) is 10.9 Å². The lowest BCUT2D eigenvalue weighted by molar-refractivity contribution is 0.869. The fourth-order valence-corrected chi connectivity index (χ4v) is 1.32. The van der Waals surface area contributed by atoms with Gasteiger partial charge >= 0.3 is 0 Å². The molecule has 0 amide bonds. The van der Waals surface area contributed by atoms with E-state index in [2.05, 4.69) is 42.2 Å². The van der Waals surface area contributed by atoms with Crippen LogP contribution in [0.1, 0.15) is 26.8 Å². The number of hydrogen-bond donors (Lipinski definition) is 1. The largest absolute Gasteiger partial charge is 0.278 e. The fraction of sp³-hybridized carbons (Fsp3) is 0.300. The van der Waals surface area contributed by atoms with Crippen molar-refractivity contribution in [1.82, 2.24) is 10.2 Å². The molecular weight excluding hydrogens is 148 g/mol. The molecule has 64 valence electrons. The van der Waals surface area contributed by atoms with Crippen molar-refractivity contribution in [3.63, 3.8) is 0 Å². The van der Waals surface area contributed by atoms with E-state index in [-0.39, 0.29) is 1.43 Å². The third kappa shape index (κ3) is 1.09. The number of rotatable bonds is 1. The van der Waals surface area contributed by atoms with Gasteiger partial charge in [-0.1, -0.05) is 19.9 Å². The first-order valence-electron chi connectivity index (χ1n) is 4.20. The third-order valence-corrected chi connectivity index (χ3v) is 2.13. The number of benzene rings is 1. The number of hydrogen-bond acceptors (Lipinski definition) is 1. The first-order valence-corrected chi connectivity index (χ1v) is 4.20. The van der Waals surface area contributed by atoms with Gasteiger partial charge < -0.3 is 0 Å². The average molecular weight is 162 g/mol. The summed E-state index contributed by atoms with van der Waals surface area (Å²) in [6.45, 7) is 4.39. The second-order valence-electron chi connectivity index (χ2n) is 3.37. The molecule has 12 heavy (non-hydrogen) atoms. The van der Waals surface area contributed by atoms with Gasteiger partial charge in [-0.3, -0.25) is 5.10 Å². The quantitative estimate of drug-likeness (QED) is 0.686. The normalized spacial score (nSPS) is 11.2. The van der Waals surface area contributed by atoms with Crippen LogP contribution < -0.4 is 0 Å². The van der Waals surface area contributed by atoms with Crippen LogP contribution in [-0.2, 0) is 0 Å². The Bertz CT molecular complexity index is 392. The Hall–Kier alpha value is -1.31. The Morgan fingerprint density at radius 3 is 3.00 bits per heavy atom. The van der Waals surface area contributed by atoms with Crippen molar-refractivity contribution in [1.29, 1.82) is 0 Å². The van der Waals surface area contributed by atoms with Gasteiger partial charge in [-0.25, -0.2) is 0 Å². The molecule has 2 nitrogen and oxygen atoms in total. The molecule has 0 radical (unpaired) electrons. The van der Waals surface area contributed by atoms with Gasteiger partial charge in [0.25, 0.3) is 0 Å². The van der Waals surface area contributed by atoms with Crippen LogP contribution in [0.4, 0.5) is 0 Å². The van der Waals surface area contributed by atoms with Crippen LogP contribution in [0.3, 0.4) is 0 Å². The first-order chi connectivity index (χ1) is 5.77. The molecular formula is C10H14N2. The smallest absolute Gasteiger partial charge is 0.0650 e. The summed E-state index contributed by atoms with van der Waals surface area (Å²) in [5.41, 5.74) is 2.48. The van der Waals surface area contributed by atoms with E-state index in [1.807, 2.05) is 6.20 Å². The summed E-state index contributed by atoms with van der Waals surface area (Å²) in [5, 5.41) is 8.11. The van der Waals surface area contributed by atoms with Gasteiger partial charge in [0.2, 0.25) is 0 Å². The summed E-state index contributed by atoms with van der Waals surface area (Å²) in [6.07, 6.45) is 1.86. The molecule has 0 bridgehead atoms. The molecule has 0 atom stereocenters. The molecule has 1 aromatic heterocycles. The lowest BCUT2D eigenvalue weighted by Gasteiger charge is -2.03. The average Bonchev–Trinajstić information content (AvgIpc) is 2.49. The molecule has 2 rings (SSSR count). The van der Waals surface area contributed by atoms with Crippen molar-refractivity contribution in [2.24, 2.45) is 0 Å². The van der Waals surface area contributed by atoms with Crippen molar-refractivity contribution in [3.8, 4) is 0 Å². The van der Waals surface area contributed by atoms with E-state index in [1.165, 1.54) is 10.9 Å². The Labute approximate surface area is 73.1 Å². The third-order valence-electron chi connectivity index (χ3n) is 2.13. The number of nitrogens with zero attached hydrogens (tertiary/aromatic N) is 1. The highest BCUT2D eigenvalue weighted by Crippen LogP contribution is 2.19. The second kappa shape index (κ2) is 2.63. The van der Waals surface area contributed by atoms with E-state index in [0.29, 0.717) is 5.92 Å². The van der Waals surface area contributed by atoms with Crippen LogP contribution in [-0.4, -0.2) is 10.2 Å². The van der Waals surface area contributed by atoms with Gasteiger partial charge in [0, 0.05) is 6.81 Å². The number of fused-ring (bicyclic) bond motifs is 1. The number of nitrogens with one attached hydrogen (secondary N) is 1. The van der Waals surface area contributed by atoms with E-state index in [1.54, 1.807) is 0 Å². The number of aromatic nitrogens is 2. The van der Waals surface area contributed by atoms with Gasteiger partial charge in [0.15, 0.2) is 0 Å². The zero-order valence-electron chi connectivity index (χ0n) is 7.33. The van der Waals surface area contributed by atoms with E-state index in [9.17, 15) is 0 Å². The van der Waals surface area contributed by atoms with Gasteiger partial charge in [-0.05, 0) is 23.6 Å².